The summed E-state index contributed by atoms with van der Waals surface area (Å²) in [5.41, 5.74) is 5.44. The van der Waals surface area contributed by atoms with Gasteiger partial charge in [0.05, 0.1) is 18.6 Å². The molecule has 4 aromatic rings. The van der Waals surface area contributed by atoms with Gasteiger partial charge in [-0.3, -0.25) is 9.52 Å². The summed E-state index contributed by atoms with van der Waals surface area (Å²) >= 11 is 1.64. The van der Waals surface area contributed by atoms with E-state index in [0.717, 1.165) is 44.2 Å². The van der Waals surface area contributed by atoms with Crippen molar-refractivity contribution in [2.24, 2.45) is 0 Å². The zero-order chi connectivity index (χ0) is 26.6. The van der Waals surface area contributed by atoms with E-state index < -0.39 is 16.0 Å². The standard InChI is InChI=1S/C29H27NO5S2/c1-4-5-22(15-29(31)32)21-8-11-24(12-9-21)35-17-20-7-13-28-26(14-20)27(18-36-28)25-16-23(10-6-19(25)2)30-37(3,33)34/h6-14,16,18,22,30H,15,17H2,1-3H3,(H,31,32). The van der Waals surface area contributed by atoms with Gasteiger partial charge in [-0.2, -0.15) is 0 Å². The molecule has 4 rings (SSSR count). The van der Waals surface area contributed by atoms with Gasteiger partial charge in [-0.25, -0.2) is 8.42 Å². The molecule has 3 aromatic carbocycles. The molecule has 1 atom stereocenters. The smallest absolute Gasteiger partial charge is 0.304 e. The van der Waals surface area contributed by atoms with E-state index in [1.165, 1.54) is 0 Å². The van der Waals surface area contributed by atoms with Crippen molar-refractivity contribution in [2.45, 2.75) is 32.8 Å². The number of rotatable bonds is 9. The summed E-state index contributed by atoms with van der Waals surface area (Å²) in [6.45, 7) is 4.08. The molecule has 0 aliphatic rings. The summed E-state index contributed by atoms with van der Waals surface area (Å²) < 4.78 is 33.1. The van der Waals surface area contributed by atoms with Crippen LogP contribution in [0.4, 0.5) is 5.69 Å². The lowest BCUT2D eigenvalue weighted by Gasteiger charge is -2.12. The van der Waals surface area contributed by atoms with Gasteiger partial charge in [0, 0.05) is 21.3 Å². The second kappa shape index (κ2) is 11.1. The van der Waals surface area contributed by atoms with Gasteiger partial charge < -0.3 is 9.84 Å². The molecule has 0 fully saturated rings. The van der Waals surface area contributed by atoms with Gasteiger partial charge in [-0.15, -0.1) is 17.3 Å². The van der Waals surface area contributed by atoms with E-state index in [4.69, 9.17) is 9.84 Å². The number of nitrogens with one attached hydrogen (secondary N) is 1. The lowest BCUT2D eigenvalue weighted by atomic mass is 9.96. The van der Waals surface area contributed by atoms with Crippen LogP contribution in [0.25, 0.3) is 21.2 Å². The first-order chi connectivity index (χ1) is 17.6. The normalized spacial score (nSPS) is 12.0. The Hall–Kier alpha value is -3.80. The minimum absolute atomic E-state index is 0.0449. The Bertz CT molecular complexity index is 1610. The fourth-order valence-corrected chi connectivity index (χ4v) is 5.62. The largest absolute Gasteiger partial charge is 0.489 e. The first-order valence-electron chi connectivity index (χ1n) is 11.6. The van der Waals surface area contributed by atoms with Crippen molar-refractivity contribution >= 4 is 43.1 Å². The number of fused-ring (bicyclic) bond motifs is 1. The highest BCUT2D eigenvalue weighted by Crippen LogP contribution is 2.37. The predicted octanol–water partition coefficient (Wildman–Crippen LogP) is 6.41. The van der Waals surface area contributed by atoms with Crippen LogP contribution >= 0.6 is 11.3 Å². The Morgan fingerprint density at radius 1 is 1.08 bits per heavy atom. The number of carbonyl (C=O) groups is 1. The second-order valence-corrected chi connectivity index (χ2v) is 11.4. The van der Waals surface area contributed by atoms with Gasteiger partial charge in [0.2, 0.25) is 10.0 Å². The number of anilines is 1. The molecule has 190 valence electrons. The van der Waals surface area contributed by atoms with E-state index in [0.29, 0.717) is 18.0 Å². The molecule has 1 heterocycles. The Labute approximate surface area is 221 Å². The van der Waals surface area contributed by atoms with Crippen molar-refractivity contribution < 1.29 is 23.1 Å². The van der Waals surface area contributed by atoms with E-state index in [2.05, 4.69) is 34.1 Å². The number of thiophene rings is 1. The van der Waals surface area contributed by atoms with Gasteiger partial charge in [0.15, 0.2) is 0 Å². The molecule has 0 amide bonds. The van der Waals surface area contributed by atoms with Crippen molar-refractivity contribution in [3.8, 4) is 28.7 Å². The van der Waals surface area contributed by atoms with Gasteiger partial charge >= 0.3 is 5.97 Å². The summed E-state index contributed by atoms with van der Waals surface area (Å²) in [7, 11) is -3.37. The molecule has 0 aliphatic carbocycles. The lowest BCUT2D eigenvalue weighted by Crippen LogP contribution is -2.09. The molecule has 0 radical (unpaired) electrons. The van der Waals surface area contributed by atoms with Gasteiger partial charge in [-0.1, -0.05) is 30.2 Å². The maximum Gasteiger partial charge on any atom is 0.304 e. The molecule has 37 heavy (non-hydrogen) atoms. The van der Waals surface area contributed by atoms with Crippen LogP contribution in [0.1, 0.15) is 36.0 Å². The number of ether oxygens (including phenoxy) is 1. The molecular weight excluding hydrogens is 506 g/mol. The third-order valence-electron chi connectivity index (χ3n) is 5.85. The zero-order valence-corrected chi connectivity index (χ0v) is 22.4. The summed E-state index contributed by atoms with van der Waals surface area (Å²) in [6, 6.07) is 19.1. The molecule has 1 aromatic heterocycles. The zero-order valence-electron chi connectivity index (χ0n) is 20.7. The topological polar surface area (TPSA) is 92.7 Å². The van der Waals surface area contributed by atoms with Crippen LogP contribution in [0.15, 0.2) is 66.0 Å². The number of sulfonamides is 1. The number of carboxylic acids is 1. The van der Waals surface area contributed by atoms with E-state index in [1.807, 2.05) is 49.4 Å². The Kier molecular flexibility index (Phi) is 7.86. The molecule has 0 saturated heterocycles. The molecule has 2 N–H and O–H groups in total. The summed E-state index contributed by atoms with van der Waals surface area (Å²) in [5, 5.41) is 12.3. The van der Waals surface area contributed by atoms with E-state index in [-0.39, 0.29) is 12.3 Å². The van der Waals surface area contributed by atoms with E-state index in [1.54, 1.807) is 24.3 Å². The van der Waals surface area contributed by atoms with E-state index >= 15 is 0 Å². The molecule has 0 aliphatic heterocycles. The third-order valence-corrected chi connectivity index (χ3v) is 7.42. The molecule has 8 heteroatoms. The molecule has 1 unspecified atom stereocenters. The highest BCUT2D eigenvalue weighted by molar-refractivity contribution is 7.92. The predicted molar refractivity (Wildman–Crippen MR) is 150 cm³/mol. The van der Waals surface area contributed by atoms with Crippen molar-refractivity contribution in [1.82, 2.24) is 0 Å². The van der Waals surface area contributed by atoms with Crippen molar-refractivity contribution in [3.05, 3.63) is 82.7 Å². The number of hydrogen-bond acceptors (Lipinski definition) is 5. The molecule has 0 bridgehead atoms. The summed E-state index contributed by atoms with van der Waals surface area (Å²) in [5.74, 6) is 5.20. The first kappa shape index (κ1) is 26.3. The van der Waals surface area contributed by atoms with Crippen LogP contribution in [0.3, 0.4) is 0 Å². The maximum atomic E-state index is 11.7. The summed E-state index contributed by atoms with van der Waals surface area (Å²) in [6.07, 6.45) is 1.09. The molecule has 0 spiro atoms. The van der Waals surface area contributed by atoms with Crippen molar-refractivity contribution in [3.63, 3.8) is 0 Å². The number of aryl methyl sites for hydroxylation is 1. The fraction of sp³-hybridized carbons (Fsp3) is 0.207. The van der Waals surface area contributed by atoms with Crippen LogP contribution in [-0.2, 0) is 21.4 Å². The highest BCUT2D eigenvalue weighted by atomic mass is 32.2. The minimum Gasteiger partial charge on any atom is -0.489 e. The van der Waals surface area contributed by atoms with Gasteiger partial charge in [-0.05, 0) is 77.9 Å². The SMILES string of the molecule is CC#CC(CC(=O)O)c1ccc(OCc2ccc3scc(-c4cc(NS(C)(=O)=O)ccc4C)c3c2)cc1. The van der Waals surface area contributed by atoms with Gasteiger partial charge in [0.1, 0.15) is 12.4 Å². The average Bonchev–Trinajstić information content (AvgIpc) is 3.26. The Morgan fingerprint density at radius 3 is 2.51 bits per heavy atom. The quantitative estimate of drug-likeness (QED) is 0.243. The monoisotopic (exact) mass is 533 g/mol. The van der Waals surface area contributed by atoms with Crippen LogP contribution in [0, 0.1) is 18.8 Å². The van der Waals surface area contributed by atoms with Crippen molar-refractivity contribution in [2.75, 3.05) is 11.0 Å². The van der Waals surface area contributed by atoms with Gasteiger partial charge in [0.25, 0.3) is 0 Å². The van der Waals surface area contributed by atoms with Crippen LogP contribution in [0.5, 0.6) is 5.75 Å². The van der Waals surface area contributed by atoms with Crippen LogP contribution in [0.2, 0.25) is 0 Å². The third kappa shape index (κ3) is 6.70. The Morgan fingerprint density at radius 2 is 1.84 bits per heavy atom. The fourth-order valence-electron chi connectivity index (χ4n) is 4.13. The number of carboxylic acid groups (broad SMARTS) is 1. The molecular formula is C29H27NO5S2. The second-order valence-electron chi connectivity index (χ2n) is 8.79. The minimum atomic E-state index is -3.37. The van der Waals surface area contributed by atoms with Crippen molar-refractivity contribution in [1.29, 1.82) is 0 Å². The number of benzene rings is 3. The number of hydrogen-bond donors (Lipinski definition) is 2. The molecule has 6 nitrogen and oxygen atoms in total. The van der Waals surface area contributed by atoms with Crippen LogP contribution < -0.4 is 9.46 Å². The summed E-state index contributed by atoms with van der Waals surface area (Å²) in [4.78, 5) is 11.1. The highest BCUT2D eigenvalue weighted by Gasteiger charge is 2.14. The lowest BCUT2D eigenvalue weighted by molar-refractivity contribution is -0.137. The van der Waals surface area contributed by atoms with Crippen LogP contribution in [-0.4, -0.2) is 25.7 Å². The maximum absolute atomic E-state index is 11.7. The first-order valence-corrected chi connectivity index (χ1v) is 14.4. The average molecular weight is 534 g/mol. The van der Waals surface area contributed by atoms with E-state index in [9.17, 15) is 13.2 Å². The Balaban J connectivity index is 1.54. The molecule has 0 saturated carbocycles. The number of aliphatic carboxylic acids is 1.